The molecule has 4 heteroatoms. The lowest BCUT2D eigenvalue weighted by Crippen LogP contribution is -2.43. The quantitative estimate of drug-likeness (QED) is 0.716. The monoisotopic (exact) mass is 211 g/mol. The number of amides is 1. The summed E-state index contributed by atoms with van der Waals surface area (Å²) >= 11 is 0. The van der Waals surface area contributed by atoms with Crippen molar-refractivity contribution in [2.24, 2.45) is 5.73 Å². The lowest BCUT2D eigenvalue weighted by molar-refractivity contribution is -0.131. The number of hydrogen-bond acceptors (Lipinski definition) is 3. The van der Waals surface area contributed by atoms with E-state index >= 15 is 0 Å². The number of likely N-dealkylation sites (tertiary alicyclic amines) is 2. The molecule has 1 unspecified atom stereocenters. The Morgan fingerprint density at radius 3 is 2.60 bits per heavy atom. The van der Waals surface area contributed by atoms with Crippen LogP contribution in [0.4, 0.5) is 0 Å². The van der Waals surface area contributed by atoms with Crippen LogP contribution < -0.4 is 5.73 Å². The number of carbonyl (C=O) groups excluding carboxylic acids is 1. The molecule has 2 saturated heterocycles. The highest BCUT2D eigenvalue weighted by molar-refractivity contribution is 5.78. The van der Waals surface area contributed by atoms with Crippen LogP contribution >= 0.6 is 0 Å². The number of hydrogen-bond donors (Lipinski definition) is 1. The molecule has 2 heterocycles. The van der Waals surface area contributed by atoms with Crippen LogP contribution in [-0.4, -0.2) is 54.5 Å². The molecular weight excluding hydrogens is 190 g/mol. The summed E-state index contributed by atoms with van der Waals surface area (Å²) < 4.78 is 0. The van der Waals surface area contributed by atoms with E-state index in [1.54, 1.807) is 0 Å². The number of carbonyl (C=O) groups is 1. The summed E-state index contributed by atoms with van der Waals surface area (Å²) in [5.74, 6) is 0.299. The first-order valence-electron chi connectivity index (χ1n) is 6.03. The van der Waals surface area contributed by atoms with Gasteiger partial charge in [0.1, 0.15) is 0 Å². The fourth-order valence-corrected chi connectivity index (χ4v) is 2.61. The second-order valence-corrected chi connectivity index (χ2v) is 4.59. The second kappa shape index (κ2) is 4.94. The van der Waals surface area contributed by atoms with Gasteiger partial charge in [-0.25, -0.2) is 0 Å². The highest BCUT2D eigenvalue weighted by atomic mass is 16.2. The topological polar surface area (TPSA) is 49.6 Å². The van der Waals surface area contributed by atoms with Crippen molar-refractivity contribution < 1.29 is 4.79 Å². The van der Waals surface area contributed by atoms with E-state index in [1.165, 1.54) is 19.3 Å². The zero-order valence-corrected chi connectivity index (χ0v) is 9.32. The van der Waals surface area contributed by atoms with Crippen LogP contribution in [-0.2, 0) is 4.79 Å². The van der Waals surface area contributed by atoms with Crippen molar-refractivity contribution in [3.8, 4) is 0 Å². The molecule has 0 saturated carbocycles. The third kappa shape index (κ3) is 2.49. The average molecular weight is 211 g/mol. The Balaban J connectivity index is 1.82. The fourth-order valence-electron chi connectivity index (χ4n) is 2.61. The molecule has 0 aromatic rings. The summed E-state index contributed by atoms with van der Waals surface area (Å²) in [5.41, 5.74) is 5.69. The maximum atomic E-state index is 11.9. The Bertz CT molecular complexity index is 226. The molecule has 2 fully saturated rings. The lowest BCUT2D eigenvalue weighted by Gasteiger charge is -2.25. The van der Waals surface area contributed by atoms with E-state index in [1.807, 2.05) is 4.90 Å². The van der Waals surface area contributed by atoms with E-state index in [9.17, 15) is 4.79 Å². The van der Waals surface area contributed by atoms with Gasteiger partial charge in [-0.15, -0.1) is 0 Å². The minimum atomic E-state index is 0.299. The molecule has 2 rings (SSSR count). The molecule has 15 heavy (non-hydrogen) atoms. The summed E-state index contributed by atoms with van der Waals surface area (Å²) in [4.78, 5) is 16.1. The van der Waals surface area contributed by atoms with Crippen LogP contribution in [0.25, 0.3) is 0 Å². The van der Waals surface area contributed by atoms with Crippen LogP contribution in [0.3, 0.4) is 0 Å². The molecule has 0 aliphatic carbocycles. The summed E-state index contributed by atoms with van der Waals surface area (Å²) in [5, 5.41) is 0. The van der Waals surface area contributed by atoms with E-state index in [4.69, 9.17) is 5.73 Å². The van der Waals surface area contributed by atoms with E-state index in [2.05, 4.69) is 4.90 Å². The molecule has 2 N–H and O–H groups in total. The zero-order valence-electron chi connectivity index (χ0n) is 9.32. The van der Waals surface area contributed by atoms with Gasteiger partial charge in [-0.2, -0.15) is 0 Å². The van der Waals surface area contributed by atoms with Crippen molar-refractivity contribution in [2.45, 2.75) is 31.7 Å². The first-order chi connectivity index (χ1) is 7.31. The molecule has 0 spiro atoms. The molecular formula is C11H21N3O. The van der Waals surface area contributed by atoms with Crippen molar-refractivity contribution >= 4 is 5.91 Å². The summed E-state index contributed by atoms with van der Waals surface area (Å²) in [6.45, 7) is 4.23. The molecule has 0 radical (unpaired) electrons. The number of nitrogens with two attached hydrogens (primary N) is 1. The van der Waals surface area contributed by atoms with Gasteiger partial charge in [0.05, 0.1) is 6.54 Å². The van der Waals surface area contributed by atoms with Gasteiger partial charge in [0.15, 0.2) is 0 Å². The normalized spacial score (nSPS) is 27.5. The molecule has 4 nitrogen and oxygen atoms in total. The standard InChI is InChI=1S/C11H21N3O/c12-8-10-4-3-7-14(10)9-11(15)13-5-1-2-6-13/h10H,1-9,12H2. The predicted octanol–water partition coefficient (Wildman–Crippen LogP) is 0.0319. The van der Waals surface area contributed by atoms with Gasteiger partial charge < -0.3 is 10.6 Å². The van der Waals surface area contributed by atoms with Gasteiger partial charge in [-0.1, -0.05) is 0 Å². The van der Waals surface area contributed by atoms with Gasteiger partial charge in [-0.3, -0.25) is 9.69 Å². The molecule has 0 aromatic carbocycles. The van der Waals surface area contributed by atoms with Crippen molar-refractivity contribution in [3.63, 3.8) is 0 Å². The highest BCUT2D eigenvalue weighted by Gasteiger charge is 2.27. The van der Waals surface area contributed by atoms with Crippen LogP contribution in [0, 0.1) is 0 Å². The van der Waals surface area contributed by atoms with Gasteiger partial charge in [0, 0.05) is 25.7 Å². The van der Waals surface area contributed by atoms with Crippen LogP contribution in [0.1, 0.15) is 25.7 Å². The van der Waals surface area contributed by atoms with Gasteiger partial charge in [0.25, 0.3) is 0 Å². The number of nitrogens with zero attached hydrogens (tertiary/aromatic N) is 2. The predicted molar refractivity (Wildman–Crippen MR) is 59.5 cm³/mol. The van der Waals surface area contributed by atoms with Crippen LogP contribution in [0.15, 0.2) is 0 Å². The Morgan fingerprint density at radius 1 is 1.20 bits per heavy atom. The molecule has 2 aliphatic heterocycles. The Hall–Kier alpha value is -0.610. The van der Waals surface area contributed by atoms with E-state index < -0.39 is 0 Å². The minimum absolute atomic E-state index is 0.299. The molecule has 1 atom stereocenters. The van der Waals surface area contributed by atoms with Crippen molar-refractivity contribution in [2.75, 3.05) is 32.7 Å². The van der Waals surface area contributed by atoms with Gasteiger partial charge in [0.2, 0.25) is 5.91 Å². The van der Waals surface area contributed by atoms with Crippen LogP contribution in [0.2, 0.25) is 0 Å². The Kier molecular flexibility index (Phi) is 3.59. The third-order valence-electron chi connectivity index (χ3n) is 3.57. The molecule has 86 valence electrons. The largest absolute Gasteiger partial charge is 0.342 e. The minimum Gasteiger partial charge on any atom is -0.342 e. The Morgan fingerprint density at radius 2 is 1.93 bits per heavy atom. The molecule has 0 aromatic heterocycles. The lowest BCUT2D eigenvalue weighted by atomic mass is 10.2. The first kappa shape index (κ1) is 10.9. The molecule has 1 amide bonds. The van der Waals surface area contributed by atoms with Gasteiger partial charge in [-0.05, 0) is 32.2 Å². The second-order valence-electron chi connectivity index (χ2n) is 4.59. The summed E-state index contributed by atoms with van der Waals surface area (Å²) in [6, 6.07) is 0.441. The zero-order chi connectivity index (χ0) is 10.7. The first-order valence-corrected chi connectivity index (χ1v) is 6.03. The average Bonchev–Trinajstić information content (AvgIpc) is 2.87. The molecule has 2 aliphatic rings. The van der Waals surface area contributed by atoms with Crippen LogP contribution in [0.5, 0.6) is 0 Å². The fraction of sp³-hybridized carbons (Fsp3) is 0.909. The van der Waals surface area contributed by atoms with E-state index in [0.717, 1.165) is 26.1 Å². The summed E-state index contributed by atoms with van der Waals surface area (Å²) in [6.07, 6.45) is 4.69. The van der Waals surface area contributed by atoms with E-state index in [0.29, 0.717) is 25.0 Å². The SMILES string of the molecule is NCC1CCCN1CC(=O)N1CCCC1. The maximum absolute atomic E-state index is 11.9. The van der Waals surface area contributed by atoms with Gasteiger partial charge >= 0.3 is 0 Å². The third-order valence-corrected chi connectivity index (χ3v) is 3.57. The van der Waals surface area contributed by atoms with Crippen molar-refractivity contribution in [1.82, 2.24) is 9.80 Å². The smallest absolute Gasteiger partial charge is 0.236 e. The van der Waals surface area contributed by atoms with Crippen molar-refractivity contribution in [3.05, 3.63) is 0 Å². The maximum Gasteiger partial charge on any atom is 0.236 e. The summed E-state index contributed by atoms with van der Waals surface area (Å²) in [7, 11) is 0. The number of rotatable bonds is 3. The molecule has 0 bridgehead atoms. The van der Waals surface area contributed by atoms with Crippen molar-refractivity contribution in [1.29, 1.82) is 0 Å². The Labute approximate surface area is 91.4 Å². The van der Waals surface area contributed by atoms with E-state index in [-0.39, 0.29) is 0 Å². The highest BCUT2D eigenvalue weighted by Crippen LogP contribution is 2.16.